The summed E-state index contributed by atoms with van der Waals surface area (Å²) in [6, 6.07) is 23.3. The summed E-state index contributed by atoms with van der Waals surface area (Å²) in [5, 5.41) is 31.9. The maximum absolute atomic E-state index is 11.6. The van der Waals surface area contributed by atoms with Crippen LogP contribution in [0.25, 0.3) is 54.6 Å². The average molecular weight is 716 g/mol. The first kappa shape index (κ1) is 34.9. The monoisotopic (exact) mass is 715 g/mol. The van der Waals surface area contributed by atoms with Crippen molar-refractivity contribution in [2.45, 2.75) is 27.7 Å². The molecule has 12 nitrogen and oxygen atoms in total. The van der Waals surface area contributed by atoms with Gasteiger partial charge in [-0.05, 0) is 57.2 Å². The minimum atomic E-state index is -0.0405. The van der Waals surface area contributed by atoms with E-state index in [4.69, 9.17) is 10.3 Å². The Bertz CT molecular complexity index is 2510. The summed E-state index contributed by atoms with van der Waals surface area (Å²) in [4.78, 5) is 31.7. The molecule has 0 amide bonds. The number of aliphatic hydroxyl groups excluding tert-OH is 1. The highest BCUT2D eigenvalue weighted by atomic mass is 32.1. The molecule has 0 saturated carbocycles. The molecule has 0 saturated heterocycles. The van der Waals surface area contributed by atoms with Crippen LogP contribution >= 0.6 is 22.7 Å². The van der Waals surface area contributed by atoms with Gasteiger partial charge in [-0.3, -0.25) is 4.79 Å². The molecule has 0 bridgehead atoms. The van der Waals surface area contributed by atoms with Crippen molar-refractivity contribution >= 4 is 56.0 Å². The van der Waals surface area contributed by atoms with Gasteiger partial charge in [-0.2, -0.15) is 10.2 Å². The molecule has 0 aliphatic rings. The van der Waals surface area contributed by atoms with E-state index < -0.39 is 0 Å². The molecular formula is C37H33N9O3S2. The smallest absolute Gasteiger partial charge is 0.211 e. The lowest BCUT2D eigenvalue weighted by Gasteiger charge is -2.05. The fourth-order valence-electron chi connectivity index (χ4n) is 5.18. The number of hydrogen-bond acceptors (Lipinski definition) is 12. The second kappa shape index (κ2) is 15.3. The number of aryl methyl sites for hydroxylation is 2. The highest BCUT2D eigenvalue weighted by molar-refractivity contribution is 7.14. The van der Waals surface area contributed by atoms with Crippen molar-refractivity contribution < 1.29 is 15.1 Å². The van der Waals surface area contributed by atoms with Crippen molar-refractivity contribution in [1.29, 1.82) is 0 Å². The number of benzene rings is 2. The Hall–Kier alpha value is -5.96. The van der Waals surface area contributed by atoms with E-state index in [1.807, 2.05) is 109 Å². The summed E-state index contributed by atoms with van der Waals surface area (Å²) >= 11 is 3.20. The molecule has 6 heterocycles. The molecule has 0 spiro atoms. The number of oxime groups is 1. The van der Waals surface area contributed by atoms with Gasteiger partial charge in [0.2, 0.25) is 10.3 Å². The van der Waals surface area contributed by atoms with Crippen molar-refractivity contribution in [3.8, 4) is 32.8 Å². The lowest BCUT2D eigenvalue weighted by atomic mass is 10.1. The number of aliphatic hydroxyl groups is 1. The van der Waals surface area contributed by atoms with Gasteiger partial charge in [0.15, 0.2) is 5.78 Å². The zero-order valence-corrected chi connectivity index (χ0v) is 30.0. The zero-order valence-electron chi connectivity index (χ0n) is 28.4. The Morgan fingerprint density at radius 3 is 1.57 bits per heavy atom. The Balaban J connectivity index is 0.000000168. The van der Waals surface area contributed by atoms with Gasteiger partial charge >= 0.3 is 0 Å². The Morgan fingerprint density at radius 2 is 1.14 bits per heavy atom. The molecule has 0 unspecified atom stereocenters. The van der Waals surface area contributed by atoms with E-state index in [9.17, 15) is 4.79 Å². The molecule has 0 aliphatic heterocycles. The molecule has 8 aromatic rings. The van der Waals surface area contributed by atoms with Gasteiger partial charge in [-0.25, -0.2) is 29.3 Å². The number of hydrogen-bond donors (Lipinski definition) is 2. The highest BCUT2D eigenvalue weighted by Crippen LogP contribution is 2.28. The molecule has 0 radical (unpaired) electrons. The third-order valence-corrected chi connectivity index (χ3v) is 9.47. The number of pyridine rings is 2. The maximum Gasteiger partial charge on any atom is 0.211 e. The first-order valence-electron chi connectivity index (χ1n) is 15.7. The molecular weight excluding hydrogens is 683 g/mol. The maximum atomic E-state index is 11.6. The number of rotatable bonds is 6. The Kier molecular flexibility index (Phi) is 10.5. The van der Waals surface area contributed by atoms with Crippen LogP contribution in [0.15, 0.2) is 103 Å². The van der Waals surface area contributed by atoms with Crippen LogP contribution in [0.1, 0.15) is 39.8 Å². The molecule has 2 N–H and O–H groups in total. The number of Topliss-reactive ketones (excluding diaryl/α,β-unsaturated/α-hetero) is 1. The van der Waals surface area contributed by atoms with Crippen LogP contribution in [0.5, 0.6) is 0 Å². The van der Waals surface area contributed by atoms with Crippen LogP contribution in [0, 0.1) is 13.8 Å². The summed E-state index contributed by atoms with van der Waals surface area (Å²) in [6.07, 6.45) is 7.35. The van der Waals surface area contributed by atoms with E-state index in [1.54, 1.807) is 35.7 Å². The third kappa shape index (κ3) is 7.48. The molecule has 256 valence electrons. The summed E-state index contributed by atoms with van der Waals surface area (Å²) in [5.41, 5.74) is 7.03. The van der Waals surface area contributed by atoms with Crippen LogP contribution < -0.4 is 0 Å². The van der Waals surface area contributed by atoms with Gasteiger partial charge in [-0.15, -0.1) is 22.7 Å². The second-order valence-electron chi connectivity index (χ2n) is 11.2. The average Bonchev–Trinajstić information content (AvgIpc) is 3.98. The minimum absolute atomic E-state index is 0.0405. The van der Waals surface area contributed by atoms with Crippen LogP contribution in [-0.4, -0.2) is 68.4 Å². The molecule has 14 heteroatoms. The van der Waals surface area contributed by atoms with E-state index in [0.717, 1.165) is 71.4 Å². The predicted molar refractivity (Wildman–Crippen MR) is 202 cm³/mol. The van der Waals surface area contributed by atoms with Crippen molar-refractivity contribution in [3.63, 3.8) is 0 Å². The lowest BCUT2D eigenvalue weighted by Crippen LogP contribution is -1.99. The SMILES string of the molecule is C/C(=N/O)c1cccc(-c2ccc3cnn(-c4ncc(C)s4)c3c2)n1.CC(=O)c1cccc(-c2ccc3cnn(-c4ncc(C)s4)c3c2)n1.CO. The fourth-order valence-corrected chi connectivity index (χ4v) is 6.64. The number of ketones is 1. The molecule has 2 aromatic carbocycles. The highest BCUT2D eigenvalue weighted by Gasteiger charge is 2.13. The number of carbonyl (C=O) groups is 1. The predicted octanol–water partition coefficient (Wildman–Crippen LogP) is 7.71. The molecule has 8 rings (SSSR count). The van der Waals surface area contributed by atoms with Crippen LogP contribution in [0.2, 0.25) is 0 Å². The summed E-state index contributed by atoms with van der Waals surface area (Å²) in [5.74, 6) is -0.0405. The van der Waals surface area contributed by atoms with Gasteiger partial charge < -0.3 is 10.3 Å². The van der Waals surface area contributed by atoms with Crippen LogP contribution in [0.3, 0.4) is 0 Å². The largest absolute Gasteiger partial charge is 0.411 e. The van der Waals surface area contributed by atoms with Crippen molar-refractivity contribution in [2.24, 2.45) is 5.16 Å². The normalized spacial score (nSPS) is 11.2. The molecule has 0 fully saturated rings. The first-order valence-corrected chi connectivity index (χ1v) is 17.3. The standard InChI is InChI=1S/C18H15N5OS.C18H14N4OS.CH4O/c1-11-9-19-18(25-11)23-17-8-13(6-7-14(17)10-20-23)16-5-3-4-15(21-16)12(2)22-24;1-11-9-19-18(24-11)22-17-8-13(6-7-14(17)10-20-22)16-5-3-4-15(21-16)12(2)23;1-2/h3-10,24H,1-2H3;3-10H,1-2H3;2H,1H3/b22-12-;;. The van der Waals surface area contributed by atoms with E-state index >= 15 is 0 Å². The topological polar surface area (TPSA) is 157 Å². The lowest BCUT2D eigenvalue weighted by molar-refractivity contribution is 0.101. The van der Waals surface area contributed by atoms with Gasteiger partial charge in [0.1, 0.15) is 11.4 Å². The number of carbonyl (C=O) groups excluding carboxylic acids is 1. The van der Waals surface area contributed by atoms with Gasteiger partial charge in [0.05, 0.1) is 40.5 Å². The molecule has 6 aromatic heterocycles. The minimum Gasteiger partial charge on any atom is -0.411 e. The number of thiazole rings is 2. The van der Waals surface area contributed by atoms with Crippen molar-refractivity contribution in [2.75, 3.05) is 7.11 Å². The van der Waals surface area contributed by atoms with E-state index in [1.165, 1.54) is 6.92 Å². The fraction of sp³-hybridized carbons (Fsp3) is 0.135. The van der Waals surface area contributed by atoms with Crippen LogP contribution in [0.4, 0.5) is 0 Å². The Labute approximate surface area is 301 Å². The van der Waals surface area contributed by atoms with E-state index in [-0.39, 0.29) is 5.78 Å². The zero-order chi connectivity index (χ0) is 36.1. The number of aromatic nitrogens is 8. The summed E-state index contributed by atoms with van der Waals surface area (Å²) in [7, 11) is 1.00. The van der Waals surface area contributed by atoms with Crippen molar-refractivity contribution in [1.82, 2.24) is 39.5 Å². The molecule has 51 heavy (non-hydrogen) atoms. The first-order chi connectivity index (χ1) is 24.8. The second-order valence-corrected chi connectivity index (χ2v) is 13.7. The Morgan fingerprint density at radius 1 is 0.667 bits per heavy atom. The third-order valence-electron chi connectivity index (χ3n) is 7.69. The van der Waals surface area contributed by atoms with Gasteiger partial charge in [0, 0.05) is 58.1 Å². The number of fused-ring (bicyclic) bond motifs is 2. The molecule has 0 aliphatic carbocycles. The van der Waals surface area contributed by atoms with Gasteiger partial charge in [-0.1, -0.05) is 41.6 Å². The summed E-state index contributed by atoms with van der Waals surface area (Å²) < 4.78 is 3.69. The quantitative estimate of drug-likeness (QED) is 0.0761. The van der Waals surface area contributed by atoms with E-state index in [0.29, 0.717) is 17.1 Å². The van der Waals surface area contributed by atoms with Gasteiger partial charge in [0.25, 0.3) is 0 Å². The van der Waals surface area contributed by atoms with Crippen molar-refractivity contribution in [3.05, 3.63) is 119 Å². The van der Waals surface area contributed by atoms with Crippen LogP contribution in [-0.2, 0) is 0 Å². The van der Waals surface area contributed by atoms with E-state index in [2.05, 4.69) is 41.4 Å². The molecule has 0 atom stereocenters. The number of nitrogens with zero attached hydrogens (tertiary/aromatic N) is 9. The summed E-state index contributed by atoms with van der Waals surface area (Å²) in [6.45, 7) is 7.29.